The van der Waals surface area contributed by atoms with Crippen molar-refractivity contribution in [1.82, 2.24) is 19.9 Å². The minimum Gasteiger partial charge on any atom is -0.463 e. The number of carbonyl (C=O) groups is 16. The first-order valence-corrected chi connectivity index (χ1v) is 45.5. The van der Waals surface area contributed by atoms with Gasteiger partial charge < -0.3 is 124 Å². The van der Waals surface area contributed by atoms with Crippen molar-refractivity contribution in [1.29, 1.82) is 0 Å². The van der Waals surface area contributed by atoms with Crippen LogP contribution in [0.2, 0.25) is 0 Å². The highest BCUT2D eigenvalue weighted by atomic mass is 16.8. The van der Waals surface area contributed by atoms with E-state index in [1.807, 2.05) is 24.3 Å². The largest absolute Gasteiger partial charge is 0.463 e. The molecule has 0 saturated carbocycles. The molecule has 6 aliphatic heterocycles. The van der Waals surface area contributed by atoms with Crippen molar-refractivity contribution in [2.24, 2.45) is 0 Å². The molecule has 3 aromatic heterocycles. The average Bonchev–Trinajstić information content (AvgIpc) is 1.42. The van der Waals surface area contributed by atoms with Crippen molar-refractivity contribution >= 4 is 118 Å². The molecule has 0 radical (unpaired) electrons. The van der Waals surface area contributed by atoms with Gasteiger partial charge in [-0.25, -0.2) is 0 Å². The molecule has 4 saturated heterocycles. The molecule has 4 fully saturated rings. The normalized spacial score (nSPS) is 24.2. The summed E-state index contributed by atoms with van der Waals surface area (Å²) in [6.07, 6.45) is -29.9. The first-order chi connectivity index (χ1) is 68.5. The van der Waals surface area contributed by atoms with Crippen LogP contribution >= 0.6 is 0 Å². The van der Waals surface area contributed by atoms with E-state index >= 15 is 0 Å². The van der Waals surface area contributed by atoms with Crippen molar-refractivity contribution in [2.75, 3.05) is 26.4 Å². The number of ether oxygens (including phenoxy) is 24. The third kappa shape index (κ3) is 27.1. The van der Waals surface area contributed by atoms with Gasteiger partial charge >= 0.3 is 95.5 Å². The Bertz CT molecular complexity index is 6190. The molecule has 0 aliphatic carbocycles. The molecular formula is C100H106N4O40. The molecule has 2 N–H and O–H groups in total. The molecule has 0 amide bonds. The van der Waals surface area contributed by atoms with E-state index in [1.54, 1.807) is 97.1 Å². The Morgan fingerprint density at radius 2 is 0.465 bits per heavy atom. The number of benzene rings is 4. The number of H-pyrrole nitrogens is 2. The van der Waals surface area contributed by atoms with Crippen LogP contribution in [0.1, 0.15) is 134 Å². The van der Waals surface area contributed by atoms with E-state index in [4.69, 9.17) is 124 Å². The summed E-state index contributed by atoms with van der Waals surface area (Å²) in [4.78, 5) is 222. The van der Waals surface area contributed by atoms with Gasteiger partial charge in [-0.3, -0.25) is 86.7 Å². The maximum absolute atomic E-state index is 13.0. The van der Waals surface area contributed by atoms with Gasteiger partial charge in [0.1, 0.15) is 73.8 Å². The molecule has 7 aromatic rings. The fourth-order valence-corrected chi connectivity index (χ4v) is 17.4. The summed E-state index contributed by atoms with van der Waals surface area (Å²) in [6.45, 7) is 15.3. The van der Waals surface area contributed by atoms with Crippen LogP contribution in [0.15, 0.2) is 121 Å². The number of aromatic amines is 2. The summed E-state index contributed by atoms with van der Waals surface area (Å²) in [6, 6.07) is 33.7. The highest BCUT2D eigenvalue weighted by Gasteiger charge is 2.58. The molecule has 44 heteroatoms. The van der Waals surface area contributed by atoms with Crippen molar-refractivity contribution < 1.29 is 190 Å². The molecule has 0 unspecified atom stereocenters. The van der Waals surface area contributed by atoms with Crippen LogP contribution in [0.5, 0.6) is 23.0 Å². The maximum atomic E-state index is 13.0. The molecule has 8 bridgehead atoms. The number of nitrogens with zero attached hydrogens (tertiary/aromatic N) is 2. The fourth-order valence-electron chi connectivity index (χ4n) is 17.4. The van der Waals surface area contributed by atoms with E-state index in [9.17, 15) is 76.7 Å². The zero-order valence-electron chi connectivity index (χ0n) is 81.0. The predicted octanol–water partition coefficient (Wildman–Crippen LogP) is 8.40. The Kier molecular flexibility index (Phi) is 34.5. The lowest BCUT2D eigenvalue weighted by Crippen LogP contribution is -2.63. The second kappa shape index (κ2) is 47.0. The molecule has 4 aromatic carbocycles. The SMILES string of the molecule is CC(=O)OC[C@H]1O[C@@H](Oc2ccc(-c3cc4[nH]c3cc3nc(c(-c5ccc(O[C@@H]6O[C@H](COC(C)=O)[C@@H](OC(C)=O)[C@H](OC(C)=O)[C@H]6OC(C)=O)cc5)c5ccc([nH]5)c(-c5ccc(O[C@@H]6O[C@H](COC(C)=O)[C@@H](OC(C)=O)[C@H](OC(C)=O)[C@H]6OC(C)=O)cc5)c5nc(c4-c4ccc(O[C@@H]6O[C@H](COC(C)=O)[C@@H](OC(C)=O)[C@H](OC(C)=O)[C@H]6OC(C)=O)cc4)CC5)CC3)cc2)[C@H](OC(C)=O)[C@@H](OC(C)=O)[C@@H]1OC(C)=O. The maximum Gasteiger partial charge on any atom is 0.303 e. The molecule has 13 rings (SSSR count). The minimum absolute atomic E-state index is 0.0659. The highest BCUT2D eigenvalue weighted by Crippen LogP contribution is 2.44. The molecule has 766 valence electrons. The number of esters is 16. The standard InChI is InChI=1S/C100H106N4O40/c1-45(105)121-41-78-85(125-49(5)109)89(129-53(9)113)93(133-57(13)117)97(141-78)137-66-26-17-61(18-27-66)70-40-77-84(64-23-32-69(33-24-64)140-100-96(136-60(16)120)92(132-56(12)116)88(128-52(8)112)81(144-100)44-124-48(4)108)75-38-37-74(103-75)83(63-21-30-68(31-22-63)139-99-95(135-59(15)119)91(131-55(11)115)87(127-51(7)111)80(143-99)43-123-47(3)107)73-36-35-72(102-73)82(71-34-25-65(101-71)39-76(70)104-77)62-19-28-67(29-20-62)138-98-94(134-58(14)118)90(130-54(10)114)86(126-50(6)110)79(142-98)42-122-46(2)106/h17-24,26-33,35-36,39-40,78-81,85-100,102,104H,25,34,37-38,41-44H2,1-16H3/t78-,79-,80-,81-,85-,86-,87-,88-,89+,90+,91+,92+,93-,94-,95-,96-,97-,98-,99-,100-/m1/s1. The third-order valence-electron chi connectivity index (χ3n) is 22.7. The van der Waals surface area contributed by atoms with E-state index in [0.717, 1.165) is 111 Å². The summed E-state index contributed by atoms with van der Waals surface area (Å²) < 4.78 is 141. The Balaban J connectivity index is 1.02. The number of rotatable bonds is 32. The molecule has 20 atom stereocenters. The summed E-state index contributed by atoms with van der Waals surface area (Å²) in [7, 11) is 0. The van der Waals surface area contributed by atoms with E-state index in [2.05, 4.69) is 9.97 Å². The van der Waals surface area contributed by atoms with Crippen LogP contribution in [0.25, 0.3) is 66.6 Å². The number of aromatic nitrogens is 4. The second-order valence-electron chi connectivity index (χ2n) is 34.0. The zero-order chi connectivity index (χ0) is 104. The van der Waals surface area contributed by atoms with Gasteiger partial charge in [-0.1, -0.05) is 48.5 Å². The van der Waals surface area contributed by atoms with Crippen LogP contribution in [-0.2, 0) is 197 Å². The molecule has 44 nitrogen and oxygen atoms in total. The first kappa shape index (κ1) is 106. The monoisotopic (exact) mass is 2000 g/mol. The second-order valence-corrected chi connectivity index (χ2v) is 34.0. The molecule has 144 heavy (non-hydrogen) atoms. The lowest BCUT2D eigenvalue weighted by Gasteiger charge is -2.43. The van der Waals surface area contributed by atoms with E-state index in [-0.39, 0.29) is 42.3 Å². The lowest BCUT2D eigenvalue weighted by molar-refractivity contribution is -0.288. The number of aryl methyl sites for hydroxylation is 4. The van der Waals surface area contributed by atoms with Crippen molar-refractivity contribution in [2.45, 2.75) is 259 Å². The van der Waals surface area contributed by atoms with Gasteiger partial charge in [-0.15, -0.1) is 0 Å². The smallest absolute Gasteiger partial charge is 0.303 e. The van der Waals surface area contributed by atoms with Gasteiger partial charge in [-0.05, 0) is 121 Å². The van der Waals surface area contributed by atoms with Crippen molar-refractivity contribution in [3.05, 3.63) is 144 Å². The van der Waals surface area contributed by atoms with Gasteiger partial charge in [0.05, 0.1) is 17.1 Å². The number of hydrogen-bond donors (Lipinski definition) is 2. The first-order valence-electron chi connectivity index (χ1n) is 45.5. The fraction of sp³-hybridized carbons (Fsp3) is 0.440. The van der Waals surface area contributed by atoms with E-state index < -0.39 is 245 Å². The minimum atomic E-state index is -1.66. The van der Waals surface area contributed by atoms with Gasteiger partial charge in [0, 0.05) is 161 Å². The van der Waals surface area contributed by atoms with Gasteiger partial charge in [-0.2, -0.15) is 0 Å². The molecule has 0 spiro atoms. The van der Waals surface area contributed by atoms with E-state index in [1.165, 1.54) is 0 Å². The van der Waals surface area contributed by atoms with Gasteiger partial charge in [0.15, 0.2) is 48.8 Å². The molecule has 9 heterocycles. The van der Waals surface area contributed by atoms with Gasteiger partial charge in [0.2, 0.25) is 49.6 Å². The number of hydrogen-bond acceptors (Lipinski definition) is 42. The Morgan fingerprint density at radius 3 is 0.722 bits per heavy atom. The predicted molar refractivity (Wildman–Crippen MR) is 488 cm³/mol. The number of fused-ring (bicyclic) bond motifs is 8. The quantitative estimate of drug-likeness (QED) is 0.0295. The lowest BCUT2D eigenvalue weighted by atomic mass is 9.98. The van der Waals surface area contributed by atoms with Crippen molar-refractivity contribution in [3.8, 4) is 67.5 Å². The van der Waals surface area contributed by atoms with Crippen LogP contribution < -0.4 is 18.9 Å². The average molecular weight is 2000 g/mol. The zero-order valence-corrected chi connectivity index (χ0v) is 81.0. The number of nitrogens with one attached hydrogen (secondary N) is 2. The van der Waals surface area contributed by atoms with Crippen molar-refractivity contribution in [3.63, 3.8) is 0 Å². The Labute approximate surface area is 821 Å². The summed E-state index contributed by atoms with van der Waals surface area (Å²) in [5.41, 5.74) is 8.14. The van der Waals surface area contributed by atoms with Crippen LogP contribution in [-0.4, -0.2) is 265 Å². The Hall–Kier alpha value is -15.4. The summed E-state index contributed by atoms with van der Waals surface area (Å²) >= 11 is 0. The number of carbonyl (C=O) groups excluding carboxylic acids is 16. The van der Waals surface area contributed by atoms with Crippen LogP contribution in [0.4, 0.5) is 0 Å². The molecule has 6 aliphatic rings. The summed E-state index contributed by atoms with van der Waals surface area (Å²) in [5.74, 6) is -13.1. The highest BCUT2D eigenvalue weighted by molar-refractivity contribution is 5.94. The van der Waals surface area contributed by atoms with Crippen LogP contribution in [0.3, 0.4) is 0 Å². The topological polar surface area (TPSA) is 552 Å². The van der Waals surface area contributed by atoms with Gasteiger partial charge in [0.25, 0.3) is 0 Å². The Morgan fingerprint density at radius 1 is 0.243 bits per heavy atom. The van der Waals surface area contributed by atoms with Crippen LogP contribution in [0, 0.1) is 0 Å². The summed E-state index contributed by atoms with van der Waals surface area (Å²) in [5, 5.41) is 0. The third-order valence-corrected chi connectivity index (χ3v) is 22.7. The van der Waals surface area contributed by atoms with E-state index in [0.29, 0.717) is 95.8 Å². The molecular weight excluding hydrogens is 1900 g/mol.